The van der Waals surface area contributed by atoms with Crippen LogP contribution < -0.4 is 0 Å². The first-order chi connectivity index (χ1) is 17.7. The molecule has 0 aliphatic rings. The second-order valence-corrected chi connectivity index (χ2v) is 8.58. The highest BCUT2D eigenvalue weighted by Crippen LogP contribution is 2.27. The van der Waals surface area contributed by atoms with Crippen molar-refractivity contribution in [1.29, 1.82) is 0 Å². The zero-order valence-electron chi connectivity index (χ0n) is 20.6. The van der Waals surface area contributed by atoms with Crippen molar-refractivity contribution in [1.82, 2.24) is 0 Å². The molecule has 3 aromatic carbocycles. The van der Waals surface area contributed by atoms with Gasteiger partial charge in [0.05, 0.1) is 38.6 Å². The average Bonchev–Trinajstić information content (AvgIpc) is 2.94. The van der Waals surface area contributed by atoms with E-state index in [0.717, 1.165) is 16.7 Å². The highest BCUT2D eigenvalue weighted by Gasteiger charge is 2.38. The second-order valence-electron chi connectivity index (χ2n) is 8.58. The summed E-state index contributed by atoms with van der Waals surface area (Å²) in [4.78, 5) is 0. The summed E-state index contributed by atoms with van der Waals surface area (Å²) in [6, 6.07) is 29.5. The van der Waals surface area contributed by atoms with Crippen LogP contribution >= 0.6 is 0 Å². The van der Waals surface area contributed by atoms with Crippen LogP contribution in [0.3, 0.4) is 0 Å². The van der Waals surface area contributed by atoms with Gasteiger partial charge in [0.15, 0.2) is 0 Å². The molecule has 5 atom stereocenters. The van der Waals surface area contributed by atoms with Crippen molar-refractivity contribution in [2.75, 3.05) is 6.61 Å². The van der Waals surface area contributed by atoms with Gasteiger partial charge in [-0.05, 0) is 16.7 Å². The van der Waals surface area contributed by atoms with E-state index in [1.807, 2.05) is 91.0 Å². The van der Waals surface area contributed by atoms with Crippen LogP contribution in [0.25, 0.3) is 0 Å². The van der Waals surface area contributed by atoms with Gasteiger partial charge in [-0.2, -0.15) is 0 Å². The summed E-state index contributed by atoms with van der Waals surface area (Å²) in [5.41, 5.74) is 2.99. The number of aliphatic hydroxyl groups excluding tert-OH is 2. The van der Waals surface area contributed by atoms with Crippen molar-refractivity contribution in [2.24, 2.45) is 5.92 Å². The van der Waals surface area contributed by atoms with Gasteiger partial charge < -0.3 is 24.4 Å². The fourth-order valence-corrected chi connectivity index (χ4v) is 4.03. The van der Waals surface area contributed by atoms with Crippen LogP contribution in [-0.4, -0.2) is 41.2 Å². The Morgan fingerprint density at radius 1 is 0.611 bits per heavy atom. The van der Waals surface area contributed by atoms with E-state index in [2.05, 4.69) is 13.2 Å². The summed E-state index contributed by atoms with van der Waals surface area (Å²) in [7, 11) is 0. The van der Waals surface area contributed by atoms with Crippen molar-refractivity contribution < 1.29 is 24.4 Å². The van der Waals surface area contributed by atoms with Gasteiger partial charge in [-0.25, -0.2) is 0 Å². The Kier molecular flexibility index (Phi) is 11.6. The minimum Gasteiger partial charge on any atom is -0.394 e. The summed E-state index contributed by atoms with van der Waals surface area (Å²) < 4.78 is 19.1. The lowest BCUT2D eigenvalue weighted by Crippen LogP contribution is -2.49. The maximum Gasteiger partial charge on any atom is 0.114 e. The fraction of sp³-hybridized carbons (Fsp3) is 0.290. The average molecular weight is 489 g/mol. The molecule has 0 amide bonds. The molecule has 0 bridgehead atoms. The van der Waals surface area contributed by atoms with Gasteiger partial charge >= 0.3 is 0 Å². The molecule has 0 spiro atoms. The standard InChI is InChI=1S/C31H36O5/c1-3-27(28(33)20-32)30(35-22-25-16-10-6-11-17-25)31(36-23-26-18-12-7-13-19-26)29(4-2)34-21-24-14-8-5-9-15-24/h3-19,27-33H,1-2,20-23H2/t27-,28?,29+,30-,31-/m1/s1. The molecule has 5 nitrogen and oxygen atoms in total. The minimum atomic E-state index is -1.08. The Morgan fingerprint density at radius 3 is 1.42 bits per heavy atom. The first kappa shape index (κ1) is 27.5. The number of aliphatic hydroxyl groups is 2. The molecule has 0 fully saturated rings. The largest absolute Gasteiger partial charge is 0.394 e. The lowest BCUT2D eigenvalue weighted by molar-refractivity contribution is -0.162. The summed E-state index contributed by atoms with van der Waals surface area (Å²) in [6.07, 6.45) is 0.357. The Balaban J connectivity index is 1.89. The molecule has 0 aliphatic heterocycles. The number of hydrogen-bond donors (Lipinski definition) is 2. The highest BCUT2D eigenvalue weighted by atomic mass is 16.6. The van der Waals surface area contributed by atoms with Crippen LogP contribution in [0.5, 0.6) is 0 Å². The van der Waals surface area contributed by atoms with Crippen molar-refractivity contribution in [3.8, 4) is 0 Å². The van der Waals surface area contributed by atoms with Gasteiger partial charge in [0.1, 0.15) is 12.2 Å². The van der Waals surface area contributed by atoms with E-state index in [4.69, 9.17) is 14.2 Å². The zero-order chi connectivity index (χ0) is 25.6. The third-order valence-corrected chi connectivity index (χ3v) is 6.02. The minimum absolute atomic E-state index is 0.293. The number of rotatable bonds is 16. The molecule has 0 aromatic heterocycles. The molecule has 36 heavy (non-hydrogen) atoms. The molecular formula is C31H36O5. The molecule has 1 unspecified atom stereocenters. The van der Waals surface area contributed by atoms with Gasteiger partial charge in [0, 0.05) is 5.92 Å². The van der Waals surface area contributed by atoms with Gasteiger partial charge in [-0.3, -0.25) is 0 Å². The van der Waals surface area contributed by atoms with Crippen molar-refractivity contribution in [3.63, 3.8) is 0 Å². The molecule has 0 saturated heterocycles. The van der Waals surface area contributed by atoms with Gasteiger partial charge in [-0.15, -0.1) is 13.2 Å². The second kappa shape index (κ2) is 15.1. The van der Waals surface area contributed by atoms with E-state index in [1.165, 1.54) is 0 Å². The SMILES string of the molecule is C=C[C@H](OCc1ccccc1)[C@@H](OCc1ccccc1)[C@H](OCc1ccccc1)[C@H](C=C)C(O)CO. The van der Waals surface area contributed by atoms with Crippen LogP contribution in [0.1, 0.15) is 16.7 Å². The molecule has 190 valence electrons. The van der Waals surface area contributed by atoms with Crippen molar-refractivity contribution >= 4 is 0 Å². The molecule has 0 aliphatic carbocycles. The normalized spacial score (nSPS) is 15.4. The third kappa shape index (κ3) is 8.26. The topological polar surface area (TPSA) is 68.2 Å². The number of hydrogen-bond acceptors (Lipinski definition) is 5. The molecule has 3 rings (SSSR count). The maximum atomic E-state index is 10.7. The van der Waals surface area contributed by atoms with E-state index in [-0.39, 0.29) is 0 Å². The van der Waals surface area contributed by atoms with Gasteiger partial charge in [0.2, 0.25) is 0 Å². The van der Waals surface area contributed by atoms with Gasteiger partial charge in [-0.1, -0.05) is 103 Å². The van der Waals surface area contributed by atoms with Gasteiger partial charge in [0.25, 0.3) is 0 Å². The van der Waals surface area contributed by atoms with E-state index in [0.29, 0.717) is 19.8 Å². The number of benzene rings is 3. The predicted octanol–water partition coefficient (Wildman–Crippen LogP) is 5.08. The van der Waals surface area contributed by atoms with Crippen molar-refractivity contribution in [3.05, 3.63) is 133 Å². The molecule has 2 N–H and O–H groups in total. The molecule has 0 heterocycles. The first-order valence-corrected chi connectivity index (χ1v) is 12.2. The lowest BCUT2D eigenvalue weighted by Gasteiger charge is -2.37. The van der Waals surface area contributed by atoms with Crippen molar-refractivity contribution in [2.45, 2.75) is 44.2 Å². The molecule has 0 saturated carbocycles. The summed E-state index contributed by atoms with van der Waals surface area (Å²) in [5, 5.41) is 20.4. The zero-order valence-corrected chi connectivity index (χ0v) is 20.6. The van der Waals surface area contributed by atoms with Crippen LogP contribution in [0.4, 0.5) is 0 Å². The Morgan fingerprint density at radius 2 is 1.03 bits per heavy atom. The predicted molar refractivity (Wildman–Crippen MR) is 142 cm³/mol. The lowest BCUT2D eigenvalue weighted by atomic mass is 9.89. The smallest absolute Gasteiger partial charge is 0.114 e. The first-order valence-electron chi connectivity index (χ1n) is 12.2. The van der Waals surface area contributed by atoms with Crippen LogP contribution in [0.2, 0.25) is 0 Å². The Bertz CT molecular complexity index is 1010. The molecular weight excluding hydrogens is 452 g/mol. The number of ether oxygens (including phenoxy) is 3. The fourth-order valence-electron chi connectivity index (χ4n) is 4.03. The van der Waals surface area contributed by atoms with Crippen LogP contribution in [0.15, 0.2) is 116 Å². The Hall–Kier alpha value is -3.06. The van der Waals surface area contributed by atoms with E-state index < -0.39 is 36.9 Å². The monoisotopic (exact) mass is 488 g/mol. The van der Waals surface area contributed by atoms with Crippen LogP contribution in [-0.2, 0) is 34.0 Å². The molecule has 3 aromatic rings. The van der Waals surface area contributed by atoms with E-state index in [1.54, 1.807) is 12.2 Å². The highest BCUT2D eigenvalue weighted by molar-refractivity contribution is 5.16. The summed E-state index contributed by atoms with van der Waals surface area (Å²) in [5.74, 6) is -0.609. The molecule has 0 radical (unpaired) electrons. The Labute approximate surface area is 214 Å². The van der Waals surface area contributed by atoms with Crippen LogP contribution in [0, 0.1) is 5.92 Å². The van der Waals surface area contributed by atoms with E-state index >= 15 is 0 Å². The quantitative estimate of drug-likeness (QED) is 0.275. The van der Waals surface area contributed by atoms with E-state index in [9.17, 15) is 10.2 Å². The summed E-state index contributed by atoms with van der Waals surface area (Å²) in [6.45, 7) is 8.44. The maximum absolute atomic E-state index is 10.7. The summed E-state index contributed by atoms with van der Waals surface area (Å²) >= 11 is 0. The molecule has 5 heteroatoms. The third-order valence-electron chi connectivity index (χ3n) is 6.02.